The molecule has 1 aromatic carbocycles. The maximum absolute atomic E-state index is 13.4. The van der Waals surface area contributed by atoms with Crippen LogP contribution in [0.3, 0.4) is 0 Å². The molecule has 0 radical (unpaired) electrons. The van der Waals surface area contributed by atoms with Crippen LogP contribution >= 0.6 is 0 Å². The van der Waals surface area contributed by atoms with Gasteiger partial charge in [-0.25, -0.2) is 8.78 Å². The zero-order chi connectivity index (χ0) is 13.1. The molecule has 0 amide bonds. The summed E-state index contributed by atoms with van der Waals surface area (Å²) in [5.41, 5.74) is -0.131. The molecule has 7 heteroatoms. The van der Waals surface area contributed by atoms with Crippen molar-refractivity contribution in [3.63, 3.8) is 0 Å². The normalized spacial score (nSPS) is 12.7. The molecule has 96 valence electrons. The summed E-state index contributed by atoms with van der Waals surface area (Å²) in [5.74, 6) is -0.996. The predicted molar refractivity (Wildman–Crippen MR) is 58.6 cm³/mol. The monoisotopic (exact) mass is 254 g/mol. The minimum atomic E-state index is -0.958. The van der Waals surface area contributed by atoms with E-state index in [1.54, 1.807) is 7.05 Å². The van der Waals surface area contributed by atoms with E-state index in [0.717, 1.165) is 12.1 Å². The van der Waals surface area contributed by atoms with E-state index in [-0.39, 0.29) is 18.4 Å². The summed E-state index contributed by atoms with van der Waals surface area (Å²) < 4.78 is 26.7. The van der Waals surface area contributed by atoms with Crippen LogP contribution in [0.1, 0.15) is 11.4 Å². The van der Waals surface area contributed by atoms with Crippen molar-refractivity contribution >= 4 is 0 Å². The molecule has 2 rings (SSSR count). The molecule has 18 heavy (non-hydrogen) atoms. The smallest absolute Gasteiger partial charge is 0.177 e. The Labute approximate surface area is 102 Å². The summed E-state index contributed by atoms with van der Waals surface area (Å²) in [4.78, 5) is 1.26. The SMILES string of the molecule is Cn1nnc(CC(O)Cc2c(F)cccc2F)n1. The molecule has 1 N–H and O–H groups in total. The van der Waals surface area contributed by atoms with Crippen molar-refractivity contribution < 1.29 is 13.9 Å². The van der Waals surface area contributed by atoms with Gasteiger partial charge in [-0.05, 0) is 17.3 Å². The van der Waals surface area contributed by atoms with Gasteiger partial charge in [0.05, 0.1) is 13.2 Å². The van der Waals surface area contributed by atoms with E-state index < -0.39 is 17.7 Å². The Hall–Kier alpha value is -1.89. The first kappa shape index (κ1) is 12.6. The summed E-state index contributed by atoms with van der Waals surface area (Å²) >= 11 is 0. The third-order valence-electron chi connectivity index (χ3n) is 2.47. The molecule has 0 bridgehead atoms. The average molecular weight is 254 g/mol. The van der Waals surface area contributed by atoms with Crippen molar-refractivity contribution in [1.82, 2.24) is 20.2 Å². The number of aliphatic hydroxyl groups is 1. The average Bonchev–Trinajstić information content (AvgIpc) is 2.69. The number of aromatic nitrogens is 4. The Kier molecular flexibility index (Phi) is 3.61. The van der Waals surface area contributed by atoms with Crippen molar-refractivity contribution in [2.24, 2.45) is 7.05 Å². The molecule has 1 aromatic heterocycles. The van der Waals surface area contributed by atoms with Gasteiger partial charge >= 0.3 is 0 Å². The molecular formula is C11H12F2N4O. The predicted octanol–water partition coefficient (Wildman–Crippen LogP) is 0.634. The highest BCUT2D eigenvalue weighted by atomic mass is 19.1. The zero-order valence-corrected chi connectivity index (χ0v) is 9.72. The lowest BCUT2D eigenvalue weighted by atomic mass is 10.0. The largest absolute Gasteiger partial charge is 0.392 e. The first-order chi connectivity index (χ1) is 8.56. The molecule has 0 aliphatic carbocycles. The highest BCUT2D eigenvalue weighted by Crippen LogP contribution is 2.15. The van der Waals surface area contributed by atoms with E-state index in [1.165, 1.54) is 10.9 Å². The van der Waals surface area contributed by atoms with Crippen molar-refractivity contribution in [3.05, 3.63) is 41.2 Å². The van der Waals surface area contributed by atoms with E-state index >= 15 is 0 Å². The molecule has 1 unspecified atom stereocenters. The third kappa shape index (κ3) is 2.86. The van der Waals surface area contributed by atoms with Gasteiger partial charge in [0, 0.05) is 18.4 Å². The van der Waals surface area contributed by atoms with Crippen LogP contribution < -0.4 is 0 Å². The summed E-state index contributed by atoms with van der Waals surface area (Å²) in [5, 5.41) is 21.0. The molecule has 2 aromatic rings. The number of aryl methyl sites for hydroxylation is 1. The van der Waals surface area contributed by atoms with Crippen LogP contribution in [0.5, 0.6) is 0 Å². The molecule has 1 heterocycles. The van der Waals surface area contributed by atoms with Crippen molar-refractivity contribution in [2.75, 3.05) is 0 Å². The van der Waals surface area contributed by atoms with E-state index in [2.05, 4.69) is 15.4 Å². The van der Waals surface area contributed by atoms with Gasteiger partial charge in [0.1, 0.15) is 11.6 Å². The first-order valence-corrected chi connectivity index (χ1v) is 5.40. The second-order valence-electron chi connectivity index (χ2n) is 3.96. The maximum atomic E-state index is 13.4. The number of aliphatic hydroxyl groups excluding tert-OH is 1. The second kappa shape index (κ2) is 5.18. The van der Waals surface area contributed by atoms with E-state index in [0.29, 0.717) is 5.82 Å². The number of halogens is 2. The van der Waals surface area contributed by atoms with Gasteiger partial charge in [0.15, 0.2) is 5.82 Å². The van der Waals surface area contributed by atoms with E-state index in [9.17, 15) is 13.9 Å². The quantitative estimate of drug-likeness (QED) is 0.869. The van der Waals surface area contributed by atoms with Gasteiger partial charge in [0.2, 0.25) is 0 Å². The van der Waals surface area contributed by atoms with Crippen LogP contribution in [-0.2, 0) is 19.9 Å². The first-order valence-electron chi connectivity index (χ1n) is 5.40. The van der Waals surface area contributed by atoms with Crippen LogP contribution in [0, 0.1) is 11.6 Å². The fraction of sp³-hybridized carbons (Fsp3) is 0.364. The number of benzene rings is 1. The molecule has 0 fully saturated rings. The van der Waals surface area contributed by atoms with Gasteiger partial charge in [-0.1, -0.05) is 6.07 Å². The Balaban J connectivity index is 2.05. The maximum Gasteiger partial charge on any atom is 0.177 e. The number of nitrogens with zero attached hydrogens (tertiary/aromatic N) is 4. The van der Waals surface area contributed by atoms with Gasteiger partial charge in [0.25, 0.3) is 0 Å². The summed E-state index contributed by atoms with van der Waals surface area (Å²) in [6.45, 7) is 0. The molecule has 0 spiro atoms. The minimum absolute atomic E-state index is 0.0988. The van der Waals surface area contributed by atoms with Gasteiger partial charge < -0.3 is 5.11 Å². The Morgan fingerprint density at radius 3 is 2.50 bits per heavy atom. The highest BCUT2D eigenvalue weighted by Gasteiger charge is 2.16. The lowest BCUT2D eigenvalue weighted by molar-refractivity contribution is 0.170. The van der Waals surface area contributed by atoms with Crippen molar-refractivity contribution in [3.8, 4) is 0 Å². The van der Waals surface area contributed by atoms with E-state index in [1.807, 2.05) is 0 Å². The molecular weight excluding hydrogens is 242 g/mol. The third-order valence-corrected chi connectivity index (χ3v) is 2.47. The Morgan fingerprint density at radius 1 is 1.28 bits per heavy atom. The lowest BCUT2D eigenvalue weighted by Crippen LogP contribution is -2.17. The number of tetrazole rings is 1. The molecule has 1 atom stereocenters. The van der Waals surface area contributed by atoms with Crippen LogP contribution in [0.25, 0.3) is 0 Å². The fourth-order valence-corrected chi connectivity index (χ4v) is 1.65. The summed E-state index contributed by atoms with van der Waals surface area (Å²) in [6, 6.07) is 3.60. The Bertz CT molecular complexity index is 523. The van der Waals surface area contributed by atoms with Crippen molar-refractivity contribution in [1.29, 1.82) is 0 Å². The van der Waals surface area contributed by atoms with Crippen LogP contribution in [0.4, 0.5) is 8.78 Å². The second-order valence-corrected chi connectivity index (χ2v) is 3.96. The van der Waals surface area contributed by atoms with Crippen LogP contribution in [0.15, 0.2) is 18.2 Å². The Morgan fingerprint density at radius 2 is 1.94 bits per heavy atom. The molecule has 5 nitrogen and oxygen atoms in total. The van der Waals surface area contributed by atoms with Crippen LogP contribution in [0.2, 0.25) is 0 Å². The molecule has 0 saturated heterocycles. The minimum Gasteiger partial charge on any atom is -0.392 e. The van der Waals surface area contributed by atoms with Gasteiger partial charge in [-0.15, -0.1) is 10.2 Å². The van der Waals surface area contributed by atoms with Crippen molar-refractivity contribution in [2.45, 2.75) is 18.9 Å². The van der Waals surface area contributed by atoms with E-state index in [4.69, 9.17) is 0 Å². The number of hydrogen-bond donors (Lipinski definition) is 1. The molecule has 0 saturated carbocycles. The molecule has 0 aliphatic heterocycles. The lowest BCUT2D eigenvalue weighted by Gasteiger charge is -2.09. The summed E-state index contributed by atoms with van der Waals surface area (Å²) in [6.07, 6.45) is -0.987. The topological polar surface area (TPSA) is 63.8 Å². The van der Waals surface area contributed by atoms with Crippen LogP contribution in [-0.4, -0.2) is 31.4 Å². The fourth-order valence-electron chi connectivity index (χ4n) is 1.65. The number of hydrogen-bond acceptors (Lipinski definition) is 4. The zero-order valence-electron chi connectivity index (χ0n) is 9.72. The number of rotatable bonds is 4. The van der Waals surface area contributed by atoms with Gasteiger partial charge in [-0.2, -0.15) is 4.80 Å². The summed E-state index contributed by atoms with van der Waals surface area (Å²) in [7, 11) is 1.60. The standard InChI is InChI=1S/C11H12F2N4O/c1-17-15-11(14-16-17)6-7(18)5-8-9(12)3-2-4-10(8)13/h2-4,7,18H,5-6H2,1H3. The molecule has 0 aliphatic rings. The van der Waals surface area contributed by atoms with Gasteiger partial charge in [-0.3, -0.25) is 0 Å². The highest BCUT2D eigenvalue weighted by molar-refractivity contribution is 5.20.